The predicted octanol–water partition coefficient (Wildman–Crippen LogP) is 12.4. The van der Waals surface area contributed by atoms with Crippen LogP contribution in [-0.2, 0) is 0 Å². The zero-order valence-electron chi connectivity index (χ0n) is 27.5. The Hall–Kier alpha value is -6.91. The van der Waals surface area contributed by atoms with Crippen LogP contribution in [-0.4, -0.2) is 15.0 Å². The lowest BCUT2D eigenvalue weighted by Crippen LogP contribution is -2.00. The van der Waals surface area contributed by atoms with Crippen LogP contribution < -0.4 is 0 Å². The Kier molecular flexibility index (Phi) is 6.78. The second kappa shape index (κ2) is 11.9. The highest BCUT2D eigenvalue weighted by atomic mass is 16.3. The average molecular weight is 652 g/mol. The first kappa shape index (κ1) is 29.0. The SMILES string of the molecule is c1ccc(-c2ccc(-c3nc(-c4ccc5ccccc5c4)nc(-c4ccc5cc(-c6cccc7oc8ccccc8c67)ccc5c4)n3)cc2)cc1. The van der Waals surface area contributed by atoms with Crippen LogP contribution >= 0.6 is 0 Å². The molecule has 2 aromatic heterocycles. The average Bonchev–Trinajstić information content (AvgIpc) is 3.60. The second-order valence-electron chi connectivity index (χ2n) is 12.9. The molecule has 0 unspecified atom stereocenters. The fraction of sp³-hybridized carbons (Fsp3) is 0. The van der Waals surface area contributed by atoms with Crippen molar-refractivity contribution in [3.05, 3.63) is 176 Å². The van der Waals surface area contributed by atoms with E-state index in [4.69, 9.17) is 19.4 Å². The molecule has 0 fully saturated rings. The van der Waals surface area contributed by atoms with E-state index < -0.39 is 0 Å². The van der Waals surface area contributed by atoms with E-state index in [1.54, 1.807) is 0 Å². The van der Waals surface area contributed by atoms with Crippen LogP contribution in [0, 0.1) is 0 Å². The summed E-state index contributed by atoms with van der Waals surface area (Å²) < 4.78 is 6.18. The molecule has 0 amide bonds. The minimum absolute atomic E-state index is 0.635. The van der Waals surface area contributed by atoms with Crippen molar-refractivity contribution in [1.29, 1.82) is 0 Å². The van der Waals surface area contributed by atoms with E-state index in [0.717, 1.165) is 71.5 Å². The van der Waals surface area contributed by atoms with Gasteiger partial charge in [-0.05, 0) is 74.1 Å². The zero-order valence-corrected chi connectivity index (χ0v) is 27.5. The van der Waals surface area contributed by atoms with Crippen LogP contribution in [0.2, 0.25) is 0 Å². The van der Waals surface area contributed by atoms with E-state index in [0.29, 0.717) is 17.5 Å². The standard InChI is InChI=1S/C47H29N3O/c1-2-9-30(10-3-1)32-17-20-33(21-18-32)45-48-46(38-25-19-31-11-4-5-12-34(31)28-38)50-47(49-45)39-26-23-35-27-37(24-22-36(35)29-39)40-14-8-16-43-44(40)41-13-6-7-15-42(41)51-43/h1-29H. The van der Waals surface area contributed by atoms with Crippen molar-refractivity contribution in [3.63, 3.8) is 0 Å². The van der Waals surface area contributed by atoms with E-state index in [-0.39, 0.29) is 0 Å². The van der Waals surface area contributed by atoms with Gasteiger partial charge in [0.05, 0.1) is 0 Å². The Morgan fingerprint density at radius 1 is 0.314 bits per heavy atom. The van der Waals surface area contributed by atoms with E-state index >= 15 is 0 Å². The summed E-state index contributed by atoms with van der Waals surface area (Å²) in [6.07, 6.45) is 0. The number of furan rings is 1. The molecule has 10 aromatic rings. The third kappa shape index (κ3) is 5.22. The molecule has 0 aliphatic heterocycles. The number of hydrogen-bond donors (Lipinski definition) is 0. The third-order valence-electron chi connectivity index (χ3n) is 9.71. The van der Waals surface area contributed by atoms with Gasteiger partial charge < -0.3 is 4.42 Å². The highest BCUT2D eigenvalue weighted by Gasteiger charge is 2.15. The normalized spacial score (nSPS) is 11.5. The first-order valence-electron chi connectivity index (χ1n) is 17.1. The van der Waals surface area contributed by atoms with Crippen LogP contribution in [0.3, 0.4) is 0 Å². The van der Waals surface area contributed by atoms with Gasteiger partial charge in [0.2, 0.25) is 0 Å². The fourth-order valence-electron chi connectivity index (χ4n) is 7.10. The van der Waals surface area contributed by atoms with Crippen LogP contribution in [0.5, 0.6) is 0 Å². The lowest BCUT2D eigenvalue weighted by Gasteiger charge is -2.11. The van der Waals surface area contributed by atoms with E-state index in [9.17, 15) is 0 Å². The van der Waals surface area contributed by atoms with Crippen molar-refractivity contribution < 1.29 is 4.42 Å². The molecule has 0 spiro atoms. The van der Waals surface area contributed by atoms with E-state index in [1.165, 1.54) is 10.9 Å². The molecule has 51 heavy (non-hydrogen) atoms. The molecule has 0 saturated carbocycles. The van der Waals surface area contributed by atoms with Crippen molar-refractivity contribution in [2.45, 2.75) is 0 Å². The maximum absolute atomic E-state index is 6.18. The van der Waals surface area contributed by atoms with Crippen molar-refractivity contribution >= 4 is 43.5 Å². The van der Waals surface area contributed by atoms with Crippen molar-refractivity contribution in [3.8, 4) is 56.4 Å². The van der Waals surface area contributed by atoms with Crippen LogP contribution in [0.15, 0.2) is 180 Å². The summed E-state index contributed by atoms with van der Waals surface area (Å²) in [5.41, 5.74) is 9.24. The molecule has 0 atom stereocenters. The van der Waals surface area contributed by atoms with E-state index in [1.807, 2.05) is 24.3 Å². The fourth-order valence-corrected chi connectivity index (χ4v) is 7.10. The first-order valence-corrected chi connectivity index (χ1v) is 17.1. The Morgan fingerprint density at radius 2 is 0.804 bits per heavy atom. The van der Waals surface area contributed by atoms with Gasteiger partial charge in [-0.3, -0.25) is 0 Å². The summed E-state index contributed by atoms with van der Waals surface area (Å²) >= 11 is 0. The number of rotatable bonds is 5. The van der Waals surface area contributed by atoms with Gasteiger partial charge in [0.25, 0.3) is 0 Å². The van der Waals surface area contributed by atoms with Gasteiger partial charge in [0.1, 0.15) is 11.2 Å². The minimum atomic E-state index is 0.635. The molecule has 0 bridgehead atoms. The Labute approximate surface area is 294 Å². The molecule has 0 saturated heterocycles. The molecule has 4 nitrogen and oxygen atoms in total. The maximum atomic E-state index is 6.18. The maximum Gasteiger partial charge on any atom is 0.164 e. The van der Waals surface area contributed by atoms with Crippen molar-refractivity contribution in [2.24, 2.45) is 0 Å². The third-order valence-corrected chi connectivity index (χ3v) is 9.71. The summed E-state index contributed by atoms with van der Waals surface area (Å²) in [7, 11) is 0. The number of para-hydroxylation sites is 1. The summed E-state index contributed by atoms with van der Waals surface area (Å²) in [6, 6.07) is 61.2. The lowest BCUT2D eigenvalue weighted by molar-refractivity contribution is 0.669. The minimum Gasteiger partial charge on any atom is -0.456 e. The smallest absolute Gasteiger partial charge is 0.164 e. The van der Waals surface area contributed by atoms with Crippen LogP contribution in [0.25, 0.3) is 99.9 Å². The molecule has 10 rings (SSSR count). The number of aromatic nitrogens is 3. The summed E-state index contributed by atoms with van der Waals surface area (Å²) in [5.74, 6) is 1.92. The second-order valence-corrected chi connectivity index (χ2v) is 12.9. The molecule has 238 valence electrons. The monoisotopic (exact) mass is 651 g/mol. The number of nitrogens with zero attached hydrogens (tertiary/aromatic N) is 3. The molecular weight excluding hydrogens is 623 g/mol. The largest absolute Gasteiger partial charge is 0.456 e. The highest BCUT2D eigenvalue weighted by Crippen LogP contribution is 2.38. The topological polar surface area (TPSA) is 51.8 Å². The molecule has 0 radical (unpaired) electrons. The van der Waals surface area contributed by atoms with Gasteiger partial charge in [-0.25, -0.2) is 15.0 Å². The van der Waals surface area contributed by atoms with E-state index in [2.05, 4.69) is 152 Å². The summed E-state index contributed by atoms with van der Waals surface area (Å²) in [4.78, 5) is 15.2. The van der Waals surface area contributed by atoms with Crippen molar-refractivity contribution in [2.75, 3.05) is 0 Å². The van der Waals surface area contributed by atoms with Gasteiger partial charge in [-0.1, -0.05) is 146 Å². The number of benzene rings is 8. The van der Waals surface area contributed by atoms with Gasteiger partial charge in [0, 0.05) is 27.5 Å². The Balaban J connectivity index is 1.08. The van der Waals surface area contributed by atoms with Gasteiger partial charge in [-0.2, -0.15) is 0 Å². The van der Waals surface area contributed by atoms with Crippen LogP contribution in [0.1, 0.15) is 0 Å². The molecular formula is C47H29N3O. The lowest BCUT2D eigenvalue weighted by atomic mass is 9.96. The molecule has 0 aliphatic rings. The Morgan fingerprint density at radius 3 is 1.55 bits per heavy atom. The van der Waals surface area contributed by atoms with Gasteiger partial charge >= 0.3 is 0 Å². The van der Waals surface area contributed by atoms with Crippen molar-refractivity contribution in [1.82, 2.24) is 15.0 Å². The quantitative estimate of drug-likeness (QED) is 0.186. The number of hydrogen-bond acceptors (Lipinski definition) is 4. The highest BCUT2D eigenvalue weighted by molar-refractivity contribution is 6.13. The Bertz CT molecular complexity index is 2910. The predicted molar refractivity (Wildman–Crippen MR) is 209 cm³/mol. The molecule has 0 aliphatic carbocycles. The summed E-state index contributed by atoms with van der Waals surface area (Å²) in [6.45, 7) is 0. The molecule has 0 N–H and O–H groups in total. The van der Waals surface area contributed by atoms with Crippen LogP contribution in [0.4, 0.5) is 0 Å². The first-order chi connectivity index (χ1) is 25.2. The van der Waals surface area contributed by atoms with Gasteiger partial charge in [-0.15, -0.1) is 0 Å². The zero-order chi connectivity index (χ0) is 33.7. The molecule has 4 heteroatoms. The molecule has 8 aromatic carbocycles. The summed E-state index contributed by atoms with van der Waals surface area (Å²) in [5, 5.41) is 6.84. The molecule has 2 heterocycles. The van der Waals surface area contributed by atoms with Gasteiger partial charge in [0.15, 0.2) is 17.5 Å². The number of fused-ring (bicyclic) bond motifs is 5.